The Balaban J connectivity index is 1.46. The van der Waals surface area contributed by atoms with E-state index < -0.39 is 0 Å². The van der Waals surface area contributed by atoms with Crippen molar-refractivity contribution in [2.45, 2.75) is 91.1 Å². The topological polar surface area (TPSA) is 44.8 Å². The minimum Gasteiger partial charge on any atom is -0.381 e. The van der Waals surface area contributed by atoms with E-state index in [1.54, 1.807) is 7.11 Å². The molecule has 8 atom stereocenters. The van der Waals surface area contributed by atoms with Gasteiger partial charge in [-0.15, -0.1) is 0 Å². The fourth-order valence-electron chi connectivity index (χ4n) is 8.18. The maximum absolute atomic E-state index is 13.4. The highest BCUT2D eigenvalue weighted by Gasteiger charge is 2.62. The molecule has 0 aromatic heterocycles. The smallest absolute Gasteiger partial charge is 0.146 e. The third-order valence-corrected chi connectivity index (χ3v) is 9.99. The molecule has 0 saturated heterocycles. The van der Waals surface area contributed by atoms with Crippen molar-refractivity contribution >= 4 is 5.78 Å². The van der Waals surface area contributed by atoms with Crippen molar-refractivity contribution in [3.63, 3.8) is 0 Å². The lowest BCUT2D eigenvalue weighted by Crippen LogP contribution is -2.57. The van der Waals surface area contributed by atoms with E-state index in [9.17, 15) is 4.79 Å². The number of carbonyl (C=O) groups excluding carboxylic acids is 1. The monoisotopic (exact) mass is 420 g/mol. The first kappa shape index (κ1) is 22.7. The summed E-state index contributed by atoms with van der Waals surface area (Å²) in [5.41, 5.74) is 0.541. The second-order valence-electron chi connectivity index (χ2n) is 11.3. The van der Waals surface area contributed by atoms with Crippen LogP contribution in [0.3, 0.4) is 0 Å². The molecule has 4 rings (SSSR count). The summed E-state index contributed by atoms with van der Waals surface area (Å²) < 4.78 is 17.1. The van der Waals surface area contributed by atoms with Crippen molar-refractivity contribution < 1.29 is 19.0 Å². The van der Waals surface area contributed by atoms with Gasteiger partial charge in [0.1, 0.15) is 12.6 Å². The van der Waals surface area contributed by atoms with Gasteiger partial charge < -0.3 is 14.2 Å². The number of unbranched alkanes of at least 4 members (excludes halogenated alkanes) is 1. The number of fused-ring (bicyclic) bond motifs is 5. The van der Waals surface area contributed by atoms with E-state index in [2.05, 4.69) is 20.8 Å². The fraction of sp³-hybridized carbons (Fsp3) is 0.962. The predicted octanol–water partition coefficient (Wildman–Crippen LogP) is 5.63. The van der Waals surface area contributed by atoms with Crippen LogP contribution in [0.4, 0.5) is 0 Å². The van der Waals surface area contributed by atoms with Crippen LogP contribution in [0.5, 0.6) is 0 Å². The number of rotatable bonds is 8. The largest absolute Gasteiger partial charge is 0.381 e. The number of hydrogen-bond acceptors (Lipinski definition) is 4. The van der Waals surface area contributed by atoms with Gasteiger partial charge in [0.2, 0.25) is 0 Å². The highest BCUT2D eigenvalue weighted by molar-refractivity contribution is 5.83. The molecule has 0 bridgehead atoms. The van der Waals surface area contributed by atoms with Crippen LogP contribution in [0.25, 0.3) is 0 Å². The Morgan fingerprint density at radius 1 is 1.03 bits per heavy atom. The molecule has 4 heteroatoms. The lowest BCUT2D eigenvalue weighted by molar-refractivity contribution is -0.169. The fourth-order valence-corrected chi connectivity index (χ4v) is 8.18. The Morgan fingerprint density at radius 2 is 1.80 bits per heavy atom. The minimum absolute atomic E-state index is 0.171. The van der Waals surface area contributed by atoms with Gasteiger partial charge in [0, 0.05) is 32.7 Å². The van der Waals surface area contributed by atoms with Gasteiger partial charge in [-0.2, -0.15) is 0 Å². The highest BCUT2D eigenvalue weighted by atomic mass is 16.7. The number of methoxy groups -OCH3 is 1. The van der Waals surface area contributed by atoms with Crippen LogP contribution in [0.2, 0.25) is 0 Å². The molecule has 4 saturated carbocycles. The summed E-state index contributed by atoms with van der Waals surface area (Å²) in [6, 6.07) is 0. The van der Waals surface area contributed by atoms with Crippen LogP contribution in [-0.2, 0) is 19.0 Å². The highest BCUT2D eigenvalue weighted by Crippen LogP contribution is 2.66. The van der Waals surface area contributed by atoms with Gasteiger partial charge in [-0.25, -0.2) is 0 Å². The van der Waals surface area contributed by atoms with Crippen molar-refractivity contribution in [2.75, 3.05) is 27.1 Å². The summed E-state index contributed by atoms with van der Waals surface area (Å²) in [5, 5.41) is 0. The Hall–Kier alpha value is -0.450. The first-order valence-corrected chi connectivity index (χ1v) is 12.6. The molecule has 0 aromatic carbocycles. The molecule has 0 radical (unpaired) electrons. The molecule has 0 heterocycles. The van der Waals surface area contributed by atoms with Gasteiger partial charge in [-0.05, 0) is 85.9 Å². The summed E-state index contributed by atoms with van der Waals surface area (Å²) >= 11 is 0. The third-order valence-electron chi connectivity index (χ3n) is 9.99. The number of carbonyl (C=O) groups is 1. The van der Waals surface area contributed by atoms with Crippen molar-refractivity contribution in [2.24, 2.45) is 40.4 Å². The van der Waals surface area contributed by atoms with E-state index in [-0.39, 0.29) is 17.4 Å². The average molecular weight is 421 g/mol. The zero-order valence-corrected chi connectivity index (χ0v) is 19.8. The maximum atomic E-state index is 13.4. The maximum Gasteiger partial charge on any atom is 0.146 e. The summed E-state index contributed by atoms with van der Waals surface area (Å²) in [6.45, 7) is 9.38. The second-order valence-corrected chi connectivity index (χ2v) is 11.3. The molecule has 4 nitrogen and oxygen atoms in total. The van der Waals surface area contributed by atoms with Gasteiger partial charge in [0.15, 0.2) is 0 Å². The Morgan fingerprint density at radius 3 is 2.57 bits per heavy atom. The zero-order valence-electron chi connectivity index (χ0n) is 19.8. The zero-order chi connectivity index (χ0) is 21.4. The molecule has 172 valence electrons. The van der Waals surface area contributed by atoms with E-state index in [1.165, 1.54) is 38.5 Å². The molecule has 0 unspecified atom stereocenters. The molecule has 0 aromatic rings. The number of hydrogen-bond donors (Lipinski definition) is 0. The van der Waals surface area contributed by atoms with E-state index in [0.29, 0.717) is 41.7 Å². The van der Waals surface area contributed by atoms with E-state index in [1.807, 2.05) is 0 Å². The number of ether oxygens (including phenoxy) is 3. The van der Waals surface area contributed by atoms with Crippen molar-refractivity contribution in [1.29, 1.82) is 0 Å². The van der Waals surface area contributed by atoms with Gasteiger partial charge in [0.05, 0.1) is 6.10 Å². The summed E-state index contributed by atoms with van der Waals surface area (Å²) in [5.74, 6) is 3.40. The molecule has 4 aliphatic carbocycles. The lowest BCUT2D eigenvalue weighted by Gasteiger charge is -2.60. The molecule has 0 spiro atoms. The standard InChI is InChI=1S/C26H44O4/c1-5-6-13-29-16-18-7-8-21-20-15-24(27)23-14-19(30-17-28-4)9-11-26(23,3)22(20)10-12-25(18,21)2/h18-23H,5-17H2,1-4H3/t18-,19+,20+,21+,22+,23-,25-,26-/m1/s1. The molecule has 4 aliphatic rings. The quantitative estimate of drug-likeness (QED) is 0.377. The van der Waals surface area contributed by atoms with Crippen LogP contribution in [-0.4, -0.2) is 39.0 Å². The van der Waals surface area contributed by atoms with Crippen molar-refractivity contribution in [3.8, 4) is 0 Å². The first-order chi connectivity index (χ1) is 14.4. The molecular formula is C26H44O4. The summed E-state index contributed by atoms with van der Waals surface area (Å²) in [4.78, 5) is 13.4. The van der Waals surface area contributed by atoms with Crippen LogP contribution < -0.4 is 0 Å². The van der Waals surface area contributed by atoms with Crippen LogP contribution in [0, 0.1) is 40.4 Å². The van der Waals surface area contributed by atoms with Crippen molar-refractivity contribution in [3.05, 3.63) is 0 Å². The molecule has 0 aliphatic heterocycles. The van der Waals surface area contributed by atoms with E-state index in [0.717, 1.165) is 38.9 Å². The molecule has 0 amide bonds. The van der Waals surface area contributed by atoms with Gasteiger partial charge in [-0.3, -0.25) is 4.79 Å². The number of Topliss-reactive ketones (excluding diaryl/α,β-unsaturated/α-hetero) is 1. The lowest BCUT2D eigenvalue weighted by atomic mass is 9.44. The summed E-state index contributed by atoms with van der Waals surface area (Å²) in [7, 11) is 1.67. The molecular weight excluding hydrogens is 376 g/mol. The normalized spacial score (nSPS) is 45.7. The Bertz CT molecular complexity index is 606. The molecule has 30 heavy (non-hydrogen) atoms. The third kappa shape index (κ3) is 3.90. The average Bonchev–Trinajstić information content (AvgIpc) is 3.07. The van der Waals surface area contributed by atoms with Crippen LogP contribution in [0.1, 0.15) is 85.0 Å². The van der Waals surface area contributed by atoms with E-state index in [4.69, 9.17) is 14.2 Å². The first-order valence-electron chi connectivity index (χ1n) is 12.6. The predicted molar refractivity (Wildman–Crippen MR) is 118 cm³/mol. The Labute approximate surface area is 183 Å². The van der Waals surface area contributed by atoms with Crippen LogP contribution >= 0.6 is 0 Å². The number of ketones is 1. The minimum atomic E-state index is 0.171. The molecule has 4 fully saturated rings. The van der Waals surface area contributed by atoms with Crippen molar-refractivity contribution in [1.82, 2.24) is 0 Å². The Kier molecular flexibility index (Phi) is 6.97. The van der Waals surface area contributed by atoms with E-state index >= 15 is 0 Å². The summed E-state index contributed by atoms with van der Waals surface area (Å²) in [6.07, 6.45) is 11.7. The SMILES string of the molecule is CCCCOC[C@H]1CC[C@H]2[C@@H]3CC(=O)[C@H]4C[C@@H](OCOC)CC[C@]4(C)[C@H]3CC[C@]12C. The second kappa shape index (κ2) is 9.19. The van der Waals surface area contributed by atoms with Gasteiger partial charge >= 0.3 is 0 Å². The van der Waals surface area contributed by atoms with Gasteiger partial charge in [-0.1, -0.05) is 27.2 Å². The van der Waals surface area contributed by atoms with Gasteiger partial charge in [0.25, 0.3) is 0 Å². The van der Waals surface area contributed by atoms with Crippen LogP contribution in [0.15, 0.2) is 0 Å². The molecule has 0 N–H and O–H groups in total.